The van der Waals surface area contributed by atoms with Gasteiger partial charge in [0.1, 0.15) is 5.75 Å². The lowest BCUT2D eigenvalue weighted by Gasteiger charge is -2.15. The summed E-state index contributed by atoms with van der Waals surface area (Å²) in [5.41, 5.74) is 3.66. The van der Waals surface area contributed by atoms with Crippen molar-refractivity contribution in [2.75, 3.05) is 13.7 Å². The molecule has 0 aliphatic heterocycles. The molecule has 0 amide bonds. The van der Waals surface area contributed by atoms with Crippen LogP contribution in [0.4, 0.5) is 0 Å². The second kappa shape index (κ2) is 6.39. The Hall–Kier alpha value is -1.80. The van der Waals surface area contributed by atoms with Crippen LogP contribution in [0.5, 0.6) is 5.75 Å². The normalized spacial score (nSPS) is 12.2. The zero-order valence-corrected chi connectivity index (χ0v) is 11.5. The first kappa shape index (κ1) is 13.6. The third-order valence-electron chi connectivity index (χ3n) is 3.37. The SMILES string of the molecule is COc1ccc(C(CO)Cc2cccc(C)c2)cc1. The first-order valence-corrected chi connectivity index (χ1v) is 6.53. The van der Waals surface area contributed by atoms with E-state index in [1.165, 1.54) is 11.1 Å². The Kier molecular flexibility index (Phi) is 4.58. The summed E-state index contributed by atoms with van der Waals surface area (Å²) in [5, 5.41) is 9.61. The summed E-state index contributed by atoms with van der Waals surface area (Å²) in [6, 6.07) is 16.4. The number of benzene rings is 2. The van der Waals surface area contributed by atoms with Gasteiger partial charge >= 0.3 is 0 Å². The molecule has 0 spiro atoms. The van der Waals surface area contributed by atoms with Gasteiger partial charge in [0.25, 0.3) is 0 Å². The number of aryl methyl sites for hydroxylation is 1. The summed E-state index contributed by atoms with van der Waals surface area (Å²) in [5.74, 6) is 0.976. The Balaban J connectivity index is 2.15. The van der Waals surface area contributed by atoms with Crippen molar-refractivity contribution in [2.45, 2.75) is 19.3 Å². The molecule has 0 radical (unpaired) electrons. The van der Waals surface area contributed by atoms with Crippen LogP contribution in [0.2, 0.25) is 0 Å². The van der Waals surface area contributed by atoms with Gasteiger partial charge in [-0.05, 0) is 36.6 Å². The van der Waals surface area contributed by atoms with Gasteiger partial charge in [0.15, 0.2) is 0 Å². The minimum absolute atomic E-state index is 0.132. The molecule has 0 saturated carbocycles. The van der Waals surface area contributed by atoms with E-state index in [1.807, 2.05) is 24.3 Å². The zero-order valence-electron chi connectivity index (χ0n) is 11.5. The van der Waals surface area contributed by atoms with Crippen molar-refractivity contribution in [3.05, 3.63) is 65.2 Å². The Labute approximate surface area is 114 Å². The van der Waals surface area contributed by atoms with Gasteiger partial charge in [0.05, 0.1) is 13.7 Å². The van der Waals surface area contributed by atoms with Crippen LogP contribution < -0.4 is 4.74 Å². The van der Waals surface area contributed by atoms with Crippen LogP contribution in [0.15, 0.2) is 48.5 Å². The topological polar surface area (TPSA) is 29.5 Å². The molecular formula is C17H20O2. The molecule has 2 rings (SSSR count). The molecule has 0 saturated heterocycles. The van der Waals surface area contributed by atoms with E-state index in [0.717, 1.165) is 17.7 Å². The first-order valence-electron chi connectivity index (χ1n) is 6.53. The third kappa shape index (κ3) is 3.58. The summed E-state index contributed by atoms with van der Waals surface area (Å²) >= 11 is 0. The summed E-state index contributed by atoms with van der Waals surface area (Å²) in [4.78, 5) is 0. The second-order valence-electron chi connectivity index (χ2n) is 4.85. The molecule has 100 valence electrons. The minimum Gasteiger partial charge on any atom is -0.497 e. The van der Waals surface area contributed by atoms with E-state index in [9.17, 15) is 5.11 Å². The Morgan fingerprint density at radius 1 is 1.11 bits per heavy atom. The molecule has 0 heterocycles. The van der Waals surface area contributed by atoms with Crippen molar-refractivity contribution in [2.24, 2.45) is 0 Å². The lowest BCUT2D eigenvalue weighted by atomic mass is 9.92. The van der Waals surface area contributed by atoms with Crippen molar-refractivity contribution in [1.82, 2.24) is 0 Å². The molecule has 2 nitrogen and oxygen atoms in total. The van der Waals surface area contributed by atoms with E-state index in [4.69, 9.17) is 4.74 Å². The zero-order chi connectivity index (χ0) is 13.7. The fourth-order valence-corrected chi connectivity index (χ4v) is 2.29. The van der Waals surface area contributed by atoms with E-state index in [2.05, 4.69) is 31.2 Å². The standard InChI is InChI=1S/C17H20O2/c1-13-4-3-5-14(10-13)11-16(12-18)15-6-8-17(19-2)9-7-15/h3-10,16,18H,11-12H2,1-2H3. The highest BCUT2D eigenvalue weighted by molar-refractivity contribution is 5.31. The van der Waals surface area contributed by atoms with Crippen LogP contribution in [0, 0.1) is 6.92 Å². The molecule has 0 aliphatic rings. The molecule has 0 aromatic heterocycles. The van der Waals surface area contributed by atoms with Crippen molar-refractivity contribution in [1.29, 1.82) is 0 Å². The summed E-state index contributed by atoms with van der Waals surface area (Å²) < 4.78 is 5.15. The van der Waals surface area contributed by atoms with Crippen LogP contribution in [0.3, 0.4) is 0 Å². The molecule has 1 unspecified atom stereocenters. The Morgan fingerprint density at radius 3 is 2.42 bits per heavy atom. The molecule has 0 fully saturated rings. The molecule has 1 N–H and O–H groups in total. The molecule has 0 bridgehead atoms. The predicted octanol–water partition coefficient (Wildman–Crippen LogP) is 3.32. The van der Waals surface area contributed by atoms with Crippen LogP contribution >= 0.6 is 0 Å². The van der Waals surface area contributed by atoms with Crippen LogP contribution in [-0.2, 0) is 6.42 Å². The van der Waals surface area contributed by atoms with E-state index < -0.39 is 0 Å². The molecule has 0 aliphatic carbocycles. The van der Waals surface area contributed by atoms with Gasteiger partial charge in [0.2, 0.25) is 0 Å². The molecule has 2 aromatic rings. The van der Waals surface area contributed by atoms with Gasteiger partial charge in [-0.25, -0.2) is 0 Å². The highest BCUT2D eigenvalue weighted by atomic mass is 16.5. The number of aliphatic hydroxyl groups excluding tert-OH is 1. The largest absolute Gasteiger partial charge is 0.497 e. The Morgan fingerprint density at radius 2 is 1.84 bits per heavy atom. The summed E-state index contributed by atoms with van der Waals surface area (Å²) in [6.07, 6.45) is 0.852. The van der Waals surface area contributed by atoms with Crippen molar-refractivity contribution < 1.29 is 9.84 Å². The van der Waals surface area contributed by atoms with Crippen LogP contribution in [0.1, 0.15) is 22.6 Å². The van der Waals surface area contributed by atoms with Gasteiger partial charge in [0, 0.05) is 5.92 Å². The van der Waals surface area contributed by atoms with Gasteiger partial charge in [-0.3, -0.25) is 0 Å². The van der Waals surface area contributed by atoms with Gasteiger partial charge in [-0.2, -0.15) is 0 Å². The molecule has 19 heavy (non-hydrogen) atoms. The second-order valence-corrected chi connectivity index (χ2v) is 4.85. The predicted molar refractivity (Wildman–Crippen MR) is 77.7 cm³/mol. The maximum atomic E-state index is 9.61. The minimum atomic E-state index is 0.132. The highest BCUT2D eigenvalue weighted by Crippen LogP contribution is 2.23. The number of aliphatic hydroxyl groups is 1. The number of rotatable bonds is 5. The Bertz CT molecular complexity index is 517. The van der Waals surface area contributed by atoms with E-state index in [1.54, 1.807) is 7.11 Å². The summed E-state index contributed by atoms with van der Waals surface area (Å²) in [6.45, 7) is 2.24. The molecule has 1 atom stereocenters. The van der Waals surface area contributed by atoms with Gasteiger partial charge in [-0.1, -0.05) is 42.0 Å². The smallest absolute Gasteiger partial charge is 0.118 e. The first-order chi connectivity index (χ1) is 9.22. The average molecular weight is 256 g/mol. The molecular weight excluding hydrogens is 236 g/mol. The van der Waals surface area contributed by atoms with E-state index in [-0.39, 0.29) is 12.5 Å². The van der Waals surface area contributed by atoms with Crippen LogP contribution in [0.25, 0.3) is 0 Å². The summed E-state index contributed by atoms with van der Waals surface area (Å²) in [7, 11) is 1.66. The monoisotopic (exact) mass is 256 g/mol. The molecule has 2 heteroatoms. The lowest BCUT2D eigenvalue weighted by molar-refractivity contribution is 0.264. The van der Waals surface area contributed by atoms with Crippen molar-refractivity contribution in [3.8, 4) is 5.75 Å². The average Bonchev–Trinajstić information content (AvgIpc) is 2.45. The highest BCUT2D eigenvalue weighted by Gasteiger charge is 2.11. The maximum absolute atomic E-state index is 9.61. The molecule has 2 aromatic carbocycles. The van der Waals surface area contributed by atoms with E-state index >= 15 is 0 Å². The quantitative estimate of drug-likeness (QED) is 0.889. The fourth-order valence-electron chi connectivity index (χ4n) is 2.29. The van der Waals surface area contributed by atoms with E-state index in [0.29, 0.717) is 0 Å². The van der Waals surface area contributed by atoms with Gasteiger partial charge < -0.3 is 9.84 Å². The van der Waals surface area contributed by atoms with Crippen LogP contribution in [-0.4, -0.2) is 18.8 Å². The lowest BCUT2D eigenvalue weighted by Crippen LogP contribution is -2.07. The number of ether oxygens (including phenoxy) is 1. The van der Waals surface area contributed by atoms with Crippen molar-refractivity contribution in [3.63, 3.8) is 0 Å². The van der Waals surface area contributed by atoms with Crippen molar-refractivity contribution >= 4 is 0 Å². The maximum Gasteiger partial charge on any atom is 0.118 e. The fraction of sp³-hybridized carbons (Fsp3) is 0.294. The number of hydrogen-bond acceptors (Lipinski definition) is 2. The van der Waals surface area contributed by atoms with Gasteiger partial charge in [-0.15, -0.1) is 0 Å². The number of methoxy groups -OCH3 is 1. The third-order valence-corrected chi connectivity index (χ3v) is 3.37. The number of hydrogen-bond donors (Lipinski definition) is 1.